The first kappa shape index (κ1) is 17.8. The number of benzene rings is 1. The van der Waals surface area contributed by atoms with Crippen LogP contribution in [0.1, 0.15) is 19.3 Å². The van der Waals surface area contributed by atoms with Crippen molar-refractivity contribution in [3.63, 3.8) is 0 Å². The number of β-amino-alcohol motifs (C(OH)–C–C–N with tert-alkyl or cyclic N) is 1. The number of hydrogen-bond acceptors (Lipinski definition) is 4. The lowest BCUT2D eigenvalue weighted by Gasteiger charge is -2.38. The van der Waals surface area contributed by atoms with Gasteiger partial charge in [0.2, 0.25) is 15.9 Å². The minimum Gasteiger partial charge on any atom is -0.388 e. The summed E-state index contributed by atoms with van der Waals surface area (Å²) >= 11 is 0. The fourth-order valence-corrected chi connectivity index (χ4v) is 4.26. The van der Waals surface area contributed by atoms with E-state index in [0.29, 0.717) is 6.42 Å². The van der Waals surface area contributed by atoms with E-state index in [1.165, 1.54) is 7.05 Å². The molecule has 128 valence electrons. The third kappa shape index (κ3) is 3.67. The molecule has 0 radical (unpaired) electrons. The summed E-state index contributed by atoms with van der Waals surface area (Å²) in [4.78, 5) is 10.7. The van der Waals surface area contributed by atoms with Gasteiger partial charge in [0.25, 0.3) is 0 Å². The Labute approximate surface area is 133 Å². The Morgan fingerprint density at radius 2 is 2.13 bits per heavy atom. The Hall–Kier alpha value is -1.58. The van der Waals surface area contributed by atoms with Crippen LogP contribution in [0.25, 0.3) is 0 Å². The second-order valence-corrected chi connectivity index (χ2v) is 7.47. The lowest BCUT2D eigenvalue weighted by Crippen LogP contribution is -2.52. The summed E-state index contributed by atoms with van der Waals surface area (Å²) in [5.41, 5.74) is -1.53. The topological polar surface area (TPSA) is 86.7 Å². The van der Waals surface area contributed by atoms with Crippen LogP contribution in [0.4, 0.5) is 8.78 Å². The van der Waals surface area contributed by atoms with E-state index in [2.05, 4.69) is 5.32 Å². The van der Waals surface area contributed by atoms with Crippen LogP contribution in [0.2, 0.25) is 0 Å². The Kier molecular flexibility index (Phi) is 5.02. The number of halogens is 2. The third-order valence-electron chi connectivity index (χ3n) is 3.82. The molecule has 0 spiro atoms. The highest BCUT2D eigenvalue weighted by molar-refractivity contribution is 7.89. The third-order valence-corrected chi connectivity index (χ3v) is 5.69. The minimum absolute atomic E-state index is 0.0638. The maximum absolute atomic E-state index is 13.8. The van der Waals surface area contributed by atoms with Crippen LogP contribution in [0, 0.1) is 11.6 Å². The fourth-order valence-electron chi connectivity index (χ4n) is 2.63. The second-order valence-electron chi connectivity index (χ2n) is 5.57. The summed E-state index contributed by atoms with van der Waals surface area (Å²) < 4.78 is 53.0. The molecule has 0 saturated carbocycles. The Morgan fingerprint density at radius 3 is 2.78 bits per heavy atom. The van der Waals surface area contributed by atoms with E-state index < -0.39 is 38.1 Å². The van der Waals surface area contributed by atoms with Gasteiger partial charge in [-0.1, -0.05) is 6.07 Å². The number of rotatable bonds is 4. The zero-order valence-corrected chi connectivity index (χ0v) is 13.4. The number of piperidine rings is 1. The number of carbonyl (C=O) groups excluding carboxylic acids is 1. The van der Waals surface area contributed by atoms with E-state index in [1.807, 2.05) is 0 Å². The number of carbonyl (C=O) groups is 1. The van der Waals surface area contributed by atoms with Gasteiger partial charge in [-0.25, -0.2) is 17.2 Å². The molecule has 0 aromatic heterocycles. The van der Waals surface area contributed by atoms with E-state index in [1.54, 1.807) is 0 Å². The lowest BCUT2D eigenvalue weighted by molar-refractivity contribution is -0.127. The van der Waals surface area contributed by atoms with Crippen molar-refractivity contribution in [3.05, 3.63) is 29.8 Å². The first-order chi connectivity index (χ1) is 10.7. The standard InChI is InChI=1S/C14H18F2N2O4S/c1-17-12(19)8-14(20)6-3-7-18(9-14)23(21,22)11-5-2-4-10(15)13(11)16/h2,4-5,20H,3,6-9H2,1H3,(H,17,19). The van der Waals surface area contributed by atoms with Crippen LogP contribution in [-0.4, -0.2) is 49.5 Å². The molecule has 1 amide bonds. The van der Waals surface area contributed by atoms with Gasteiger partial charge in [-0.3, -0.25) is 4.79 Å². The van der Waals surface area contributed by atoms with E-state index >= 15 is 0 Å². The van der Waals surface area contributed by atoms with Crippen LogP contribution < -0.4 is 5.32 Å². The van der Waals surface area contributed by atoms with Crippen molar-refractivity contribution in [2.24, 2.45) is 0 Å². The van der Waals surface area contributed by atoms with Gasteiger partial charge in [0.1, 0.15) is 4.90 Å². The number of amides is 1. The van der Waals surface area contributed by atoms with Crippen LogP contribution in [0.5, 0.6) is 0 Å². The molecule has 1 fully saturated rings. The number of hydrogen-bond donors (Lipinski definition) is 2. The van der Waals surface area contributed by atoms with E-state index in [9.17, 15) is 27.1 Å². The predicted molar refractivity (Wildman–Crippen MR) is 78.0 cm³/mol. The van der Waals surface area contributed by atoms with Crippen molar-refractivity contribution in [2.45, 2.75) is 29.8 Å². The number of sulfonamides is 1. The molecular weight excluding hydrogens is 330 g/mol. The zero-order valence-electron chi connectivity index (χ0n) is 12.6. The molecule has 1 aliphatic heterocycles. The van der Waals surface area contributed by atoms with Crippen LogP contribution in [0.3, 0.4) is 0 Å². The lowest BCUT2D eigenvalue weighted by atomic mass is 9.90. The molecule has 1 unspecified atom stereocenters. The average molecular weight is 348 g/mol. The summed E-state index contributed by atoms with van der Waals surface area (Å²) in [6.07, 6.45) is 0.295. The van der Waals surface area contributed by atoms with Gasteiger partial charge < -0.3 is 10.4 Å². The molecular formula is C14H18F2N2O4S. The molecule has 0 bridgehead atoms. The predicted octanol–water partition coefficient (Wildman–Crippen LogP) is 0.616. The summed E-state index contributed by atoms with van der Waals surface area (Å²) in [7, 11) is -2.89. The molecule has 0 aliphatic carbocycles. The molecule has 2 rings (SSSR count). The van der Waals surface area contributed by atoms with Crippen molar-refractivity contribution >= 4 is 15.9 Å². The number of nitrogens with zero attached hydrogens (tertiary/aromatic N) is 1. The molecule has 1 saturated heterocycles. The van der Waals surface area contributed by atoms with Gasteiger partial charge in [-0.2, -0.15) is 4.31 Å². The molecule has 1 aromatic rings. The van der Waals surface area contributed by atoms with Gasteiger partial charge in [0.05, 0.1) is 12.0 Å². The van der Waals surface area contributed by atoms with Crippen molar-refractivity contribution in [3.8, 4) is 0 Å². The van der Waals surface area contributed by atoms with Crippen molar-refractivity contribution in [1.29, 1.82) is 0 Å². The second kappa shape index (κ2) is 6.50. The Morgan fingerprint density at radius 1 is 1.43 bits per heavy atom. The summed E-state index contributed by atoms with van der Waals surface area (Å²) in [5, 5.41) is 12.8. The van der Waals surface area contributed by atoms with Gasteiger partial charge in [0, 0.05) is 20.1 Å². The van der Waals surface area contributed by atoms with Gasteiger partial charge in [-0.15, -0.1) is 0 Å². The first-order valence-corrected chi connectivity index (χ1v) is 8.51. The van der Waals surface area contributed by atoms with E-state index in [4.69, 9.17) is 0 Å². The van der Waals surface area contributed by atoms with Gasteiger partial charge in [-0.05, 0) is 25.0 Å². The number of nitrogens with one attached hydrogen (secondary N) is 1. The van der Waals surface area contributed by atoms with Crippen LogP contribution in [-0.2, 0) is 14.8 Å². The SMILES string of the molecule is CNC(=O)CC1(O)CCCN(S(=O)(=O)c2cccc(F)c2F)C1. The maximum atomic E-state index is 13.8. The van der Waals surface area contributed by atoms with Crippen LogP contribution >= 0.6 is 0 Å². The highest BCUT2D eigenvalue weighted by atomic mass is 32.2. The molecule has 23 heavy (non-hydrogen) atoms. The summed E-state index contributed by atoms with van der Waals surface area (Å²) in [6, 6.07) is 2.90. The highest BCUT2D eigenvalue weighted by Crippen LogP contribution is 2.30. The first-order valence-electron chi connectivity index (χ1n) is 7.07. The van der Waals surface area contributed by atoms with Gasteiger partial charge in [0.15, 0.2) is 11.6 Å². The molecule has 1 aliphatic rings. The summed E-state index contributed by atoms with van der Waals surface area (Å²) in [5.74, 6) is -3.14. The normalized spacial score (nSPS) is 22.8. The molecule has 1 heterocycles. The zero-order chi connectivity index (χ0) is 17.3. The molecule has 6 nitrogen and oxygen atoms in total. The van der Waals surface area contributed by atoms with E-state index in [0.717, 1.165) is 22.5 Å². The Bertz CT molecular complexity index is 711. The molecule has 2 N–H and O–H groups in total. The molecule has 9 heteroatoms. The van der Waals surface area contributed by atoms with Crippen molar-refractivity contribution in [2.75, 3.05) is 20.1 Å². The van der Waals surface area contributed by atoms with E-state index in [-0.39, 0.29) is 25.9 Å². The van der Waals surface area contributed by atoms with Crippen molar-refractivity contribution < 1.29 is 27.1 Å². The fraction of sp³-hybridized carbons (Fsp3) is 0.500. The quantitative estimate of drug-likeness (QED) is 0.835. The van der Waals surface area contributed by atoms with Crippen molar-refractivity contribution in [1.82, 2.24) is 9.62 Å². The minimum atomic E-state index is -4.30. The molecule has 1 atom stereocenters. The Balaban J connectivity index is 2.30. The number of aliphatic hydroxyl groups is 1. The van der Waals surface area contributed by atoms with Crippen LogP contribution in [0.15, 0.2) is 23.1 Å². The maximum Gasteiger partial charge on any atom is 0.246 e. The highest BCUT2D eigenvalue weighted by Gasteiger charge is 2.40. The largest absolute Gasteiger partial charge is 0.388 e. The molecule has 1 aromatic carbocycles. The van der Waals surface area contributed by atoms with Gasteiger partial charge >= 0.3 is 0 Å². The average Bonchev–Trinajstić information content (AvgIpc) is 2.49. The summed E-state index contributed by atoms with van der Waals surface area (Å²) in [6.45, 7) is -0.285. The monoisotopic (exact) mass is 348 g/mol. The smallest absolute Gasteiger partial charge is 0.246 e.